The van der Waals surface area contributed by atoms with E-state index in [0.717, 1.165) is 23.8 Å². The van der Waals surface area contributed by atoms with E-state index in [4.69, 9.17) is 0 Å². The molecular formula is C29H64N4. The molecular weight excluding hydrogens is 404 g/mol. The summed E-state index contributed by atoms with van der Waals surface area (Å²) >= 11 is 0. The standard InChI is InChI=1S/C14H30N2.C13H28N2.C2H6/c1-6-13(4)11-16-9-7-14(8-10-16)15(5)12(2)3;1-12(2)13-6-10-15(11-7-13)9-5-8-14(3)4;1-2/h12-14H,6-11H2,1-5H3;12-13H,5-11H2,1-4H3;1-2H3. The monoisotopic (exact) mass is 469 g/mol. The summed E-state index contributed by atoms with van der Waals surface area (Å²) in [6.07, 6.45) is 8.17. The highest BCUT2D eigenvalue weighted by Crippen LogP contribution is 2.24. The summed E-state index contributed by atoms with van der Waals surface area (Å²) in [6, 6.07) is 1.50. The van der Waals surface area contributed by atoms with Gasteiger partial charge in [0.25, 0.3) is 0 Å². The zero-order chi connectivity index (χ0) is 25.4. The number of likely N-dealkylation sites (tertiary alicyclic amines) is 2. The third kappa shape index (κ3) is 14.8. The molecule has 1 unspecified atom stereocenters. The minimum atomic E-state index is 0.686. The fraction of sp³-hybridized carbons (Fsp3) is 1.00. The first-order chi connectivity index (χ1) is 15.6. The largest absolute Gasteiger partial charge is 0.309 e. The fourth-order valence-corrected chi connectivity index (χ4v) is 4.95. The number of hydrogen-bond donors (Lipinski definition) is 0. The molecule has 1 atom stereocenters. The van der Waals surface area contributed by atoms with Crippen LogP contribution in [0.1, 0.15) is 93.9 Å². The maximum atomic E-state index is 2.65. The Labute approximate surface area is 210 Å². The summed E-state index contributed by atoms with van der Waals surface area (Å²) in [4.78, 5) is 10.1. The second kappa shape index (κ2) is 19.1. The lowest BCUT2D eigenvalue weighted by Gasteiger charge is -2.39. The highest BCUT2D eigenvalue weighted by molar-refractivity contribution is 4.80. The van der Waals surface area contributed by atoms with Crippen LogP contribution in [0.3, 0.4) is 0 Å². The Bertz CT molecular complexity index is 419. The van der Waals surface area contributed by atoms with E-state index in [1.54, 1.807) is 0 Å². The van der Waals surface area contributed by atoms with E-state index in [2.05, 4.69) is 82.3 Å². The Kier molecular flexibility index (Phi) is 19.0. The van der Waals surface area contributed by atoms with E-state index >= 15 is 0 Å². The van der Waals surface area contributed by atoms with Crippen molar-refractivity contribution in [2.24, 2.45) is 17.8 Å². The van der Waals surface area contributed by atoms with Crippen LogP contribution in [0.5, 0.6) is 0 Å². The molecule has 33 heavy (non-hydrogen) atoms. The van der Waals surface area contributed by atoms with Crippen molar-refractivity contribution >= 4 is 0 Å². The van der Waals surface area contributed by atoms with Crippen LogP contribution in [0.2, 0.25) is 0 Å². The van der Waals surface area contributed by atoms with Gasteiger partial charge < -0.3 is 19.6 Å². The van der Waals surface area contributed by atoms with Crippen molar-refractivity contribution in [1.29, 1.82) is 0 Å². The zero-order valence-corrected chi connectivity index (χ0v) is 24.9. The van der Waals surface area contributed by atoms with Crippen molar-refractivity contribution < 1.29 is 0 Å². The van der Waals surface area contributed by atoms with Crippen molar-refractivity contribution in [2.45, 2.75) is 106 Å². The number of hydrogen-bond acceptors (Lipinski definition) is 4. The molecule has 2 fully saturated rings. The van der Waals surface area contributed by atoms with Gasteiger partial charge in [0.2, 0.25) is 0 Å². The second-order valence-electron chi connectivity index (χ2n) is 11.4. The summed E-state index contributed by atoms with van der Waals surface area (Å²) in [6.45, 7) is 27.1. The lowest BCUT2D eigenvalue weighted by Crippen LogP contribution is -2.46. The molecule has 2 aliphatic heterocycles. The lowest BCUT2D eigenvalue weighted by molar-refractivity contribution is 0.0991. The van der Waals surface area contributed by atoms with Crippen LogP contribution in [0.25, 0.3) is 0 Å². The van der Waals surface area contributed by atoms with Crippen molar-refractivity contribution in [3.63, 3.8) is 0 Å². The van der Waals surface area contributed by atoms with E-state index < -0.39 is 0 Å². The highest BCUT2D eigenvalue weighted by Gasteiger charge is 2.24. The maximum absolute atomic E-state index is 2.65. The van der Waals surface area contributed by atoms with Crippen LogP contribution in [-0.2, 0) is 0 Å². The summed E-state index contributed by atoms with van der Waals surface area (Å²) in [5, 5.41) is 0. The minimum absolute atomic E-state index is 0.686. The predicted octanol–water partition coefficient (Wildman–Crippen LogP) is 6.17. The summed E-state index contributed by atoms with van der Waals surface area (Å²) in [5.74, 6) is 2.73. The van der Waals surface area contributed by atoms with Gasteiger partial charge in [-0.15, -0.1) is 0 Å². The van der Waals surface area contributed by atoms with Gasteiger partial charge in [-0.25, -0.2) is 0 Å². The molecule has 0 aromatic rings. The molecule has 200 valence electrons. The maximum Gasteiger partial charge on any atom is 0.0119 e. The van der Waals surface area contributed by atoms with Gasteiger partial charge in [0, 0.05) is 18.6 Å². The van der Waals surface area contributed by atoms with E-state index in [1.807, 2.05) is 13.8 Å². The topological polar surface area (TPSA) is 13.0 Å². The molecule has 0 radical (unpaired) electrons. The molecule has 0 N–H and O–H groups in total. The Balaban J connectivity index is 0.000000578. The van der Waals surface area contributed by atoms with Gasteiger partial charge in [-0.3, -0.25) is 0 Å². The van der Waals surface area contributed by atoms with Crippen LogP contribution in [-0.4, -0.2) is 98.6 Å². The summed E-state index contributed by atoms with van der Waals surface area (Å²) in [5.41, 5.74) is 0. The third-order valence-corrected chi connectivity index (χ3v) is 7.87. The average Bonchev–Trinajstić information content (AvgIpc) is 2.80. The Morgan fingerprint density at radius 3 is 1.73 bits per heavy atom. The first-order valence-electron chi connectivity index (χ1n) is 14.4. The van der Waals surface area contributed by atoms with E-state index in [-0.39, 0.29) is 0 Å². The number of piperidine rings is 2. The quantitative estimate of drug-likeness (QED) is 0.380. The highest BCUT2D eigenvalue weighted by atomic mass is 15.2. The Morgan fingerprint density at radius 1 is 0.788 bits per heavy atom. The van der Waals surface area contributed by atoms with Crippen molar-refractivity contribution in [1.82, 2.24) is 19.6 Å². The molecule has 2 heterocycles. The average molecular weight is 469 g/mol. The van der Waals surface area contributed by atoms with E-state index in [9.17, 15) is 0 Å². The third-order valence-electron chi connectivity index (χ3n) is 7.87. The number of rotatable bonds is 10. The van der Waals surface area contributed by atoms with Gasteiger partial charge in [-0.1, -0.05) is 48.0 Å². The molecule has 2 aliphatic rings. The van der Waals surface area contributed by atoms with Crippen LogP contribution in [0.4, 0.5) is 0 Å². The van der Waals surface area contributed by atoms with Gasteiger partial charge in [0.05, 0.1) is 0 Å². The van der Waals surface area contributed by atoms with Crippen molar-refractivity contribution in [3.05, 3.63) is 0 Å². The Morgan fingerprint density at radius 2 is 1.30 bits per heavy atom. The second-order valence-corrected chi connectivity index (χ2v) is 11.4. The van der Waals surface area contributed by atoms with Gasteiger partial charge in [-0.2, -0.15) is 0 Å². The van der Waals surface area contributed by atoms with Crippen molar-refractivity contribution in [2.75, 3.05) is 67.0 Å². The molecule has 0 aromatic heterocycles. The molecule has 0 bridgehead atoms. The first kappa shape index (κ1) is 32.8. The Hall–Kier alpha value is -0.160. The molecule has 2 rings (SSSR count). The molecule has 0 aromatic carbocycles. The van der Waals surface area contributed by atoms with Gasteiger partial charge in [-0.05, 0) is 124 Å². The van der Waals surface area contributed by atoms with Crippen molar-refractivity contribution in [3.8, 4) is 0 Å². The van der Waals surface area contributed by atoms with Crippen LogP contribution in [0, 0.1) is 17.8 Å². The van der Waals surface area contributed by atoms with Gasteiger partial charge in [0.1, 0.15) is 0 Å². The summed E-state index contributed by atoms with van der Waals surface area (Å²) < 4.78 is 0. The first-order valence-corrected chi connectivity index (χ1v) is 14.4. The van der Waals surface area contributed by atoms with Crippen LogP contribution in [0.15, 0.2) is 0 Å². The lowest BCUT2D eigenvalue weighted by atomic mass is 9.87. The normalized spacial score (nSPS) is 20.1. The van der Waals surface area contributed by atoms with Gasteiger partial charge in [0.15, 0.2) is 0 Å². The summed E-state index contributed by atoms with van der Waals surface area (Å²) in [7, 11) is 6.59. The molecule has 2 saturated heterocycles. The zero-order valence-electron chi connectivity index (χ0n) is 24.9. The molecule has 0 amide bonds. The smallest absolute Gasteiger partial charge is 0.0119 e. The minimum Gasteiger partial charge on any atom is -0.309 e. The van der Waals surface area contributed by atoms with E-state index in [1.165, 1.54) is 84.3 Å². The fourth-order valence-electron chi connectivity index (χ4n) is 4.95. The molecule has 4 heteroatoms. The molecule has 0 aliphatic carbocycles. The predicted molar refractivity (Wildman–Crippen MR) is 150 cm³/mol. The molecule has 4 nitrogen and oxygen atoms in total. The van der Waals surface area contributed by atoms with Gasteiger partial charge >= 0.3 is 0 Å². The SMILES string of the molecule is CC.CC(C)C1CCN(CCCN(C)C)CC1.CCC(C)CN1CCC(N(C)C(C)C)CC1. The van der Waals surface area contributed by atoms with Crippen LogP contribution < -0.4 is 0 Å². The van der Waals surface area contributed by atoms with Crippen LogP contribution >= 0.6 is 0 Å². The molecule has 0 spiro atoms. The molecule has 0 saturated carbocycles. The van der Waals surface area contributed by atoms with E-state index in [0.29, 0.717) is 6.04 Å². The number of nitrogens with zero attached hydrogens (tertiary/aromatic N) is 4.